The predicted molar refractivity (Wildman–Crippen MR) is 86.4 cm³/mol. The zero-order valence-electron chi connectivity index (χ0n) is 9.87. The molecule has 2 heteroatoms. The van der Waals surface area contributed by atoms with E-state index in [9.17, 15) is 0 Å². The SMILES string of the molecule is CC(C)c1c(Br)cc(-c2ccccc2)cc1I. The van der Waals surface area contributed by atoms with E-state index in [1.54, 1.807) is 0 Å². The van der Waals surface area contributed by atoms with Crippen molar-refractivity contribution in [1.29, 1.82) is 0 Å². The van der Waals surface area contributed by atoms with Crippen molar-refractivity contribution in [3.63, 3.8) is 0 Å². The minimum Gasteiger partial charge on any atom is -0.0622 e. The van der Waals surface area contributed by atoms with Crippen molar-refractivity contribution < 1.29 is 0 Å². The van der Waals surface area contributed by atoms with E-state index in [1.807, 2.05) is 6.07 Å². The van der Waals surface area contributed by atoms with Crippen molar-refractivity contribution in [2.75, 3.05) is 0 Å². The summed E-state index contributed by atoms with van der Waals surface area (Å²) in [6.07, 6.45) is 0. The zero-order chi connectivity index (χ0) is 12.4. The van der Waals surface area contributed by atoms with E-state index in [4.69, 9.17) is 0 Å². The Morgan fingerprint density at radius 1 is 1.00 bits per heavy atom. The van der Waals surface area contributed by atoms with Crippen LogP contribution in [0.5, 0.6) is 0 Å². The molecule has 0 fully saturated rings. The Labute approximate surface area is 125 Å². The molecule has 0 radical (unpaired) electrons. The van der Waals surface area contributed by atoms with Crippen LogP contribution in [-0.4, -0.2) is 0 Å². The Balaban J connectivity index is 2.53. The molecule has 0 atom stereocenters. The minimum atomic E-state index is 0.543. The summed E-state index contributed by atoms with van der Waals surface area (Å²) in [7, 11) is 0. The third-order valence-corrected chi connectivity index (χ3v) is 4.31. The van der Waals surface area contributed by atoms with Crippen molar-refractivity contribution >= 4 is 38.5 Å². The summed E-state index contributed by atoms with van der Waals surface area (Å²) in [5, 5.41) is 0. The molecule has 0 heterocycles. The molecule has 0 aliphatic rings. The summed E-state index contributed by atoms with van der Waals surface area (Å²) in [6.45, 7) is 4.45. The molecule has 0 amide bonds. The molecular formula is C15H14BrI. The van der Waals surface area contributed by atoms with Gasteiger partial charge in [0, 0.05) is 8.04 Å². The van der Waals surface area contributed by atoms with Crippen LogP contribution in [0.4, 0.5) is 0 Å². The summed E-state index contributed by atoms with van der Waals surface area (Å²) >= 11 is 6.11. The number of rotatable bonds is 2. The van der Waals surface area contributed by atoms with Gasteiger partial charge < -0.3 is 0 Å². The van der Waals surface area contributed by atoms with Gasteiger partial charge in [0.25, 0.3) is 0 Å². The molecule has 88 valence electrons. The molecule has 0 saturated carbocycles. The largest absolute Gasteiger partial charge is 0.0622 e. The van der Waals surface area contributed by atoms with E-state index in [1.165, 1.54) is 24.7 Å². The number of hydrogen-bond acceptors (Lipinski definition) is 0. The van der Waals surface area contributed by atoms with E-state index in [0.717, 1.165) is 0 Å². The van der Waals surface area contributed by atoms with Gasteiger partial charge in [0.15, 0.2) is 0 Å². The molecule has 2 rings (SSSR count). The molecule has 0 nitrogen and oxygen atoms in total. The van der Waals surface area contributed by atoms with Crippen LogP contribution < -0.4 is 0 Å². The summed E-state index contributed by atoms with van der Waals surface area (Å²) in [5.41, 5.74) is 3.93. The highest BCUT2D eigenvalue weighted by atomic mass is 127. The molecule has 0 saturated heterocycles. The smallest absolute Gasteiger partial charge is 0.0226 e. The van der Waals surface area contributed by atoms with Crippen molar-refractivity contribution in [1.82, 2.24) is 0 Å². The molecule has 0 aliphatic heterocycles. The van der Waals surface area contributed by atoms with E-state index < -0.39 is 0 Å². The summed E-state index contributed by atoms with van der Waals surface area (Å²) in [5.74, 6) is 0.543. The average molecular weight is 401 g/mol. The lowest BCUT2D eigenvalue weighted by atomic mass is 9.99. The average Bonchev–Trinajstić information content (AvgIpc) is 2.28. The fraction of sp³-hybridized carbons (Fsp3) is 0.200. The first-order valence-corrected chi connectivity index (χ1v) is 7.51. The molecule has 0 unspecified atom stereocenters. The number of hydrogen-bond donors (Lipinski definition) is 0. The normalized spacial score (nSPS) is 10.9. The van der Waals surface area contributed by atoms with Gasteiger partial charge >= 0.3 is 0 Å². The van der Waals surface area contributed by atoms with Gasteiger partial charge in [-0.15, -0.1) is 0 Å². The molecular weight excluding hydrogens is 387 g/mol. The van der Waals surface area contributed by atoms with Crippen LogP contribution in [0, 0.1) is 3.57 Å². The van der Waals surface area contributed by atoms with Crippen LogP contribution in [0.3, 0.4) is 0 Å². The van der Waals surface area contributed by atoms with E-state index in [-0.39, 0.29) is 0 Å². The summed E-state index contributed by atoms with van der Waals surface area (Å²) in [4.78, 5) is 0. The highest BCUT2D eigenvalue weighted by Gasteiger charge is 2.11. The Kier molecular flexibility index (Phi) is 4.26. The lowest BCUT2D eigenvalue weighted by Crippen LogP contribution is -1.94. The Morgan fingerprint density at radius 2 is 1.65 bits per heavy atom. The molecule has 2 aromatic rings. The first kappa shape index (κ1) is 13.1. The second-order valence-corrected chi connectivity index (χ2v) is 6.39. The molecule has 17 heavy (non-hydrogen) atoms. The molecule has 0 bridgehead atoms. The van der Waals surface area contributed by atoms with Gasteiger partial charge in [-0.3, -0.25) is 0 Å². The molecule has 0 N–H and O–H groups in total. The monoisotopic (exact) mass is 400 g/mol. The zero-order valence-corrected chi connectivity index (χ0v) is 13.6. The topological polar surface area (TPSA) is 0 Å². The van der Waals surface area contributed by atoms with E-state index >= 15 is 0 Å². The molecule has 0 aliphatic carbocycles. The van der Waals surface area contributed by atoms with Gasteiger partial charge in [-0.1, -0.05) is 60.1 Å². The van der Waals surface area contributed by atoms with E-state index in [2.05, 4.69) is 88.8 Å². The van der Waals surface area contributed by atoms with Crippen LogP contribution in [-0.2, 0) is 0 Å². The van der Waals surface area contributed by atoms with Gasteiger partial charge in [-0.05, 0) is 57.3 Å². The maximum Gasteiger partial charge on any atom is 0.0226 e. The molecule has 2 aromatic carbocycles. The number of halogens is 2. The third kappa shape index (κ3) is 2.91. The van der Waals surface area contributed by atoms with Crippen LogP contribution in [0.25, 0.3) is 11.1 Å². The maximum absolute atomic E-state index is 3.69. The van der Waals surface area contributed by atoms with Crippen LogP contribution >= 0.6 is 38.5 Å². The molecule has 0 spiro atoms. The Morgan fingerprint density at radius 3 is 2.18 bits per heavy atom. The minimum absolute atomic E-state index is 0.543. The Bertz CT molecular complexity index is 495. The van der Waals surface area contributed by atoms with Crippen molar-refractivity contribution in [3.05, 3.63) is 56.1 Å². The maximum atomic E-state index is 3.69. The van der Waals surface area contributed by atoms with Crippen LogP contribution in [0.1, 0.15) is 25.3 Å². The first-order chi connectivity index (χ1) is 8.09. The summed E-state index contributed by atoms with van der Waals surface area (Å²) in [6, 6.07) is 15.0. The standard InChI is InChI=1S/C15H14BrI/c1-10(2)15-13(16)8-12(9-14(15)17)11-6-4-3-5-7-11/h3-10H,1-2H3. The van der Waals surface area contributed by atoms with E-state index in [0.29, 0.717) is 5.92 Å². The summed E-state index contributed by atoms with van der Waals surface area (Å²) < 4.78 is 2.53. The van der Waals surface area contributed by atoms with Crippen LogP contribution in [0.15, 0.2) is 46.9 Å². The lowest BCUT2D eigenvalue weighted by molar-refractivity contribution is 0.854. The van der Waals surface area contributed by atoms with Crippen molar-refractivity contribution in [3.8, 4) is 11.1 Å². The highest BCUT2D eigenvalue weighted by Crippen LogP contribution is 2.34. The third-order valence-electron chi connectivity index (χ3n) is 2.76. The Hall–Kier alpha value is -0.350. The van der Waals surface area contributed by atoms with Gasteiger partial charge in [0.1, 0.15) is 0 Å². The van der Waals surface area contributed by atoms with Gasteiger partial charge in [-0.2, -0.15) is 0 Å². The van der Waals surface area contributed by atoms with Crippen molar-refractivity contribution in [2.45, 2.75) is 19.8 Å². The van der Waals surface area contributed by atoms with Gasteiger partial charge in [0.2, 0.25) is 0 Å². The first-order valence-electron chi connectivity index (χ1n) is 5.64. The van der Waals surface area contributed by atoms with Gasteiger partial charge in [0.05, 0.1) is 0 Å². The second kappa shape index (κ2) is 5.53. The molecule has 0 aromatic heterocycles. The fourth-order valence-electron chi connectivity index (χ4n) is 1.93. The quantitative estimate of drug-likeness (QED) is 0.555. The predicted octanol–water partition coefficient (Wildman–Crippen LogP) is 5.84. The highest BCUT2D eigenvalue weighted by molar-refractivity contribution is 14.1. The van der Waals surface area contributed by atoms with Crippen molar-refractivity contribution in [2.24, 2.45) is 0 Å². The van der Waals surface area contributed by atoms with Gasteiger partial charge in [-0.25, -0.2) is 0 Å². The van der Waals surface area contributed by atoms with Crippen LogP contribution in [0.2, 0.25) is 0 Å². The second-order valence-electron chi connectivity index (χ2n) is 4.37. The fourth-order valence-corrected chi connectivity index (χ4v) is 4.47. The number of benzene rings is 2. The lowest BCUT2D eigenvalue weighted by Gasteiger charge is -2.13.